The van der Waals surface area contributed by atoms with Crippen molar-refractivity contribution in [1.82, 2.24) is 0 Å². The van der Waals surface area contributed by atoms with Gasteiger partial charge < -0.3 is 19.5 Å². The van der Waals surface area contributed by atoms with Crippen molar-refractivity contribution in [1.29, 1.82) is 0 Å². The lowest BCUT2D eigenvalue weighted by molar-refractivity contribution is -0.385. The molecule has 2 aromatic carbocycles. The SMILES string of the molecule is CCOP(=O)(OCC)C(N)CC(=O)c1cc(Oc2ccc(C(F)(F)F)cc2Cl)ccc1[N+](=O)[O-]. The van der Waals surface area contributed by atoms with Gasteiger partial charge in [-0.1, -0.05) is 11.6 Å². The minimum atomic E-state index is -4.61. The van der Waals surface area contributed by atoms with Gasteiger partial charge in [0, 0.05) is 12.5 Å². The third-order valence-electron chi connectivity index (χ3n) is 4.37. The van der Waals surface area contributed by atoms with E-state index < -0.39 is 53.5 Å². The summed E-state index contributed by atoms with van der Waals surface area (Å²) in [4.78, 5) is 23.5. The number of ether oxygens (including phenoxy) is 1. The molecule has 0 aliphatic heterocycles. The predicted octanol–water partition coefficient (Wildman–Crippen LogP) is 6.18. The molecule has 0 aliphatic rings. The van der Waals surface area contributed by atoms with Gasteiger partial charge in [0.1, 0.15) is 17.3 Å². The van der Waals surface area contributed by atoms with Crippen LogP contribution >= 0.6 is 19.2 Å². The van der Waals surface area contributed by atoms with Gasteiger partial charge in [-0.2, -0.15) is 13.2 Å². The second kappa shape index (κ2) is 11.3. The van der Waals surface area contributed by atoms with E-state index in [1.807, 2.05) is 0 Å². The first-order chi connectivity index (χ1) is 15.8. The summed E-state index contributed by atoms with van der Waals surface area (Å²) < 4.78 is 66.9. The summed E-state index contributed by atoms with van der Waals surface area (Å²) in [6.07, 6.45) is -5.22. The molecule has 0 amide bonds. The molecule has 0 bridgehead atoms. The molecule has 34 heavy (non-hydrogen) atoms. The molecule has 9 nitrogen and oxygen atoms in total. The Morgan fingerprint density at radius 2 is 1.79 bits per heavy atom. The summed E-state index contributed by atoms with van der Waals surface area (Å²) in [6, 6.07) is 5.53. The van der Waals surface area contributed by atoms with Crippen molar-refractivity contribution < 1.29 is 41.2 Å². The fourth-order valence-corrected chi connectivity index (χ4v) is 4.63. The summed E-state index contributed by atoms with van der Waals surface area (Å²) >= 11 is 5.87. The quantitative estimate of drug-likeness (QED) is 0.159. The number of hydrogen-bond acceptors (Lipinski definition) is 8. The highest BCUT2D eigenvalue weighted by atomic mass is 35.5. The summed E-state index contributed by atoms with van der Waals surface area (Å²) in [7, 11) is -3.87. The van der Waals surface area contributed by atoms with Crippen molar-refractivity contribution >= 4 is 30.7 Å². The summed E-state index contributed by atoms with van der Waals surface area (Å²) in [5, 5.41) is 11.1. The number of nitro groups is 1. The number of carbonyl (C=O) groups excluding carboxylic acids is 1. The molecule has 0 fully saturated rings. The molecule has 2 aromatic rings. The van der Waals surface area contributed by atoms with Crippen molar-refractivity contribution in [2.24, 2.45) is 5.73 Å². The van der Waals surface area contributed by atoms with Crippen molar-refractivity contribution in [2.45, 2.75) is 32.2 Å². The van der Waals surface area contributed by atoms with Crippen molar-refractivity contribution in [3.63, 3.8) is 0 Å². The van der Waals surface area contributed by atoms with Crippen LogP contribution in [0.2, 0.25) is 5.02 Å². The highest BCUT2D eigenvalue weighted by molar-refractivity contribution is 7.54. The third kappa shape index (κ3) is 6.77. The zero-order valence-corrected chi connectivity index (χ0v) is 19.7. The lowest BCUT2D eigenvalue weighted by Gasteiger charge is -2.22. The van der Waals surface area contributed by atoms with Crippen molar-refractivity contribution in [3.05, 3.63) is 62.7 Å². The Morgan fingerprint density at radius 3 is 2.29 bits per heavy atom. The smallest absolute Gasteiger partial charge is 0.416 e. The van der Waals surface area contributed by atoms with Crippen LogP contribution in [0.4, 0.5) is 18.9 Å². The second-order valence-electron chi connectivity index (χ2n) is 6.75. The second-order valence-corrected chi connectivity index (χ2v) is 9.42. The number of nitrogens with zero attached hydrogens (tertiary/aromatic N) is 1. The van der Waals surface area contributed by atoms with Crippen molar-refractivity contribution in [3.8, 4) is 11.5 Å². The van der Waals surface area contributed by atoms with Gasteiger partial charge in [-0.25, -0.2) is 0 Å². The van der Waals surface area contributed by atoms with E-state index in [0.717, 1.165) is 30.3 Å². The van der Waals surface area contributed by atoms with E-state index in [9.17, 15) is 32.6 Å². The Hall–Kier alpha value is -2.50. The molecule has 2 rings (SSSR count). The molecule has 186 valence electrons. The number of alkyl halides is 3. The summed E-state index contributed by atoms with van der Waals surface area (Å²) in [5.74, 6) is -2.52. The van der Waals surface area contributed by atoms with Crippen LogP contribution in [0.25, 0.3) is 0 Å². The maximum Gasteiger partial charge on any atom is 0.416 e. The molecule has 14 heteroatoms. The zero-order valence-electron chi connectivity index (χ0n) is 18.0. The van der Waals surface area contributed by atoms with Gasteiger partial charge in [0.15, 0.2) is 5.78 Å². The highest BCUT2D eigenvalue weighted by Crippen LogP contribution is 2.52. The number of carbonyl (C=O) groups is 1. The maximum atomic E-state index is 12.8. The molecule has 1 atom stereocenters. The monoisotopic (exact) mass is 524 g/mol. The van der Waals surface area contributed by atoms with Gasteiger partial charge in [-0.05, 0) is 44.2 Å². The van der Waals surface area contributed by atoms with E-state index >= 15 is 0 Å². The normalized spacial score (nSPS) is 12.9. The highest BCUT2D eigenvalue weighted by Gasteiger charge is 2.36. The van der Waals surface area contributed by atoms with Gasteiger partial charge in [-0.3, -0.25) is 19.5 Å². The Labute approximate surface area is 197 Å². The molecule has 0 saturated heterocycles. The van der Waals surface area contributed by atoms with Gasteiger partial charge in [-0.15, -0.1) is 0 Å². The van der Waals surface area contributed by atoms with Crippen LogP contribution in [0.5, 0.6) is 11.5 Å². The average molecular weight is 525 g/mol. The summed E-state index contributed by atoms with van der Waals surface area (Å²) in [5.41, 5.74) is 3.89. The first kappa shape index (κ1) is 27.7. The molecule has 0 heterocycles. The van der Waals surface area contributed by atoms with Gasteiger partial charge >= 0.3 is 13.8 Å². The molecule has 0 spiro atoms. The predicted molar refractivity (Wildman–Crippen MR) is 117 cm³/mol. The molecule has 0 radical (unpaired) electrons. The standard InChI is InChI=1S/C20H21ClF3N2O7P/c1-3-31-34(30,32-4-2)19(25)11-17(27)14-10-13(6-7-16(14)26(28)29)33-18-8-5-12(9-15(18)21)20(22,23)24/h5-10,19H,3-4,11,25H2,1-2H3. The number of ketones is 1. The molecule has 2 N–H and O–H groups in total. The zero-order chi connectivity index (χ0) is 25.7. The molecule has 0 saturated carbocycles. The minimum Gasteiger partial charge on any atom is -0.456 e. The van der Waals surface area contributed by atoms with Crippen LogP contribution in [0, 0.1) is 10.1 Å². The van der Waals surface area contributed by atoms with Crippen LogP contribution in [-0.4, -0.2) is 29.7 Å². The number of hydrogen-bond donors (Lipinski definition) is 1. The molecule has 0 aliphatic carbocycles. The number of benzene rings is 2. The van der Waals surface area contributed by atoms with E-state index in [-0.39, 0.29) is 29.7 Å². The first-order valence-electron chi connectivity index (χ1n) is 9.83. The topological polar surface area (TPSA) is 131 Å². The summed E-state index contributed by atoms with van der Waals surface area (Å²) in [6.45, 7) is 3.10. The van der Waals surface area contributed by atoms with E-state index in [1.54, 1.807) is 13.8 Å². The van der Waals surface area contributed by atoms with Crippen LogP contribution in [0.1, 0.15) is 36.2 Å². The van der Waals surface area contributed by atoms with E-state index in [0.29, 0.717) is 6.07 Å². The fraction of sp³-hybridized carbons (Fsp3) is 0.350. The first-order valence-corrected chi connectivity index (χ1v) is 11.8. The Kier molecular flexibility index (Phi) is 9.21. The molecule has 0 aromatic heterocycles. The number of nitrogens with two attached hydrogens (primary N) is 1. The van der Waals surface area contributed by atoms with Gasteiger partial charge in [0.25, 0.3) is 5.69 Å². The molecular formula is C20H21ClF3N2O7P. The number of Topliss-reactive ketones (excluding diaryl/α,β-unsaturated/α-hetero) is 1. The lowest BCUT2D eigenvalue weighted by Crippen LogP contribution is -2.26. The number of nitro benzene ring substituents is 1. The molecule has 1 unspecified atom stereocenters. The fourth-order valence-electron chi connectivity index (χ4n) is 2.85. The maximum absolute atomic E-state index is 12.8. The van der Waals surface area contributed by atoms with E-state index in [2.05, 4.69) is 0 Å². The van der Waals surface area contributed by atoms with Crippen LogP contribution in [0.15, 0.2) is 36.4 Å². The Balaban J connectivity index is 2.36. The third-order valence-corrected chi connectivity index (χ3v) is 6.90. The Morgan fingerprint density at radius 1 is 1.18 bits per heavy atom. The lowest BCUT2D eigenvalue weighted by atomic mass is 10.1. The van der Waals surface area contributed by atoms with E-state index in [4.69, 9.17) is 31.1 Å². The average Bonchev–Trinajstić information content (AvgIpc) is 2.74. The van der Waals surface area contributed by atoms with Gasteiger partial charge in [0.05, 0.1) is 34.3 Å². The van der Waals surface area contributed by atoms with Crippen LogP contribution in [-0.2, 0) is 19.8 Å². The minimum absolute atomic E-state index is 0.00344. The van der Waals surface area contributed by atoms with Crippen LogP contribution in [0.3, 0.4) is 0 Å². The largest absolute Gasteiger partial charge is 0.456 e. The number of rotatable bonds is 11. The van der Waals surface area contributed by atoms with Gasteiger partial charge in [0.2, 0.25) is 0 Å². The van der Waals surface area contributed by atoms with Crippen molar-refractivity contribution in [2.75, 3.05) is 13.2 Å². The Bertz CT molecular complexity index is 1100. The van der Waals surface area contributed by atoms with E-state index in [1.165, 1.54) is 0 Å². The van der Waals surface area contributed by atoms with Crippen LogP contribution < -0.4 is 10.5 Å². The number of halogens is 4. The molecular weight excluding hydrogens is 504 g/mol.